The number of fused-ring (bicyclic) bond motifs is 1. The van der Waals surface area contributed by atoms with Crippen molar-refractivity contribution in [2.45, 2.75) is 13.1 Å². The summed E-state index contributed by atoms with van der Waals surface area (Å²) in [6, 6.07) is 7.24. The fourth-order valence-corrected chi connectivity index (χ4v) is 4.51. The summed E-state index contributed by atoms with van der Waals surface area (Å²) in [5.74, 6) is -0.829. The average molecular weight is 547 g/mol. The number of hydrogen-bond acceptors (Lipinski definition) is 7. The van der Waals surface area contributed by atoms with Gasteiger partial charge in [0, 0.05) is 41.1 Å². The number of aliphatic hydroxyl groups excluding tert-OH is 1. The molecular weight excluding hydrogens is 525 g/mol. The number of aromatic amines is 1. The number of halogens is 3. The average Bonchev–Trinajstić information content (AvgIpc) is 3.39. The smallest absolute Gasteiger partial charge is 0.395 e. The number of anilines is 2. The van der Waals surface area contributed by atoms with Crippen molar-refractivity contribution >= 4 is 45.7 Å². The van der Waals surface area contributed by atoms with Crippen LogP contribution in [0.25, 0.3) is 21.5 Å². The number of H-pyrrole nitrogens is 1. The molecule has 0 aliphatic heterocycles. The molecule has 1 aromatic carbocycles. The number of rotatable bonds is 7. The molecule has 4 N–H and O–H groups in total. The summed E-state index contributed by atoms with van der Waals surface area (Å²) in [4.78, 5) is 50.4. The van der Waals surface area contributed by atoms with E-state index in [1.165, 1.54) is 12.3 Å². The third-order valence-electron chi connectivity index (χ3n) is 5.37. The van der Waals surface area contributed by atoms with Gasteiger partial charge in [0.05, 0.1) is 18.5 Å². The topological polar surface area (TPSA) is 140 Å². The molecule has 198 valence electrons. The third kappa shape index (κ3) is 5.50. The van der Waals surface area contributed by atoms with E-state index >= 15 is 0 Å². The van der Waals surface area contributed by atoms with Crippen molar-refractivity contribution in [1.29, 1.82) is 0 Å². The van der Waals surface area contributed by atoms with Crippen molar-refractivity contribution in [3.8, 4) is 10.6 Å². The molecule has 0 radical (unpaired) electrons. The van der Waals surface area contributed by atoms with Gasteiger partial charge < -0.3 is 20.3 Å². The first-order chi connectivity index (χ1) is 18.1. The van der Waals surface area contributed by atoms with E-state index in [0.717, 1.165) is 16.5 Å². The van der Waals surface area contributed by atoms with Crippen LogP contribution in [0.5, 0.6) is 0 Å². The van der Waals surface area contributed by atoms with E-state index in [1.54, 1.807) is 31.2 Å². The highest BCUT2D eigenvalue weighted by Gasteiger charge is 2.34. The quantitative estimate of drug-likeness (QED) is 0.278. The van der Waals surface area contributed by atoms with Gasteiger partial charge in [-0.1, -0.05) is 12.1 Å². The molecule has 10 nitrogen and oxygen atoms in total. The number of thiazole rings is 1. The first kappa shape index (κ1) is 26.8. The summed E-state index contributed by atoms with van der Waals surface area (Å²) in [5, 5.41) is 15.7. The Hall–Kier alpha value is -4.30. The normalized spacial score (nSPS) is 11.4. The highest BCUT2D eigenvalue weighted by Crippen LogP contribution is 2.38. The first-order valence-electron chi connectivity index (χ1n) is 11.2. The minimum Gasteiger partial charge on any atom is -0.395 e. The van der Waals surface area contributed by atoms with Gasteiger partial charge in [0.15, 0.2) is 5.69 Å². The molecule has 38 heavy (non-hydrogen) atoms. The lowest BCUT2D eigenvalue weighted by Crippen LogP contribution is -2.37. The van der Waals surface area contributed by atoms with Crippen LogP contribution in [-0.4, -0.2) is 51.7 Å². The summed E-state index contributed by atoms with van der Waals surface area (Å²) in [6.07, 6.45) is -2.31. The van der Waals surface area contributed by atoms with Gasteiger partial charge in [-0.15, -0.1) is 11.3 Å². The maximum Gasteiger partial charge on any atom is 0.434 e. The van der Waals surface area contributed by atoms with Crippen molar-refractivity contribution in [1.82, 2.24) is 20.3 Å². The molecule has 4 rings (SSSR count). The maximum atomic E-state index is 13.6. The lowest BCUT2D eigenvalue weighted by molar-refractivity contribution is -0.140. The van der Waals surface area contributed by atoms with Gasteiger partial charge in [-0.3, -0.25) is 14.9 Å². The molecule has 0 aliphatic carbocycles. The maximum absolute atomic E-state index is 13.6. The van der Waals surface area contributed by atoms with E-state index in [1.807, 2.05) is 0 Å². The number of amides is 3. The summed E-state index contributed by atoms with van der Waals surface area (Å²) in [6.45, 7) is 1.18. The molecule has 0 spiro atoms. The Labute approximate surface area is 217 Å². The Morgan fingerprint density at radius 1 is 1.24 bits per heavy atom. The van der Waals surface area contributed by atoms with Gasteiger partial charge in [-0.2, -0.15) is 13.2 Å². The predicted molar refractivity (Wildman–Crippen MR) is 136 cm³/mol. The zero-order chi connectivity index (χ0) is 27.4. The molecule has 0 atom stereocenters. The fourth-order valence-electron chi connectivity index (χ4n) is 3.65. The van der Waals surface area contributed by atoms with Crippen LogP contribution >= 0.6 is 11.3 Å². The lowest BCUT2D eigenvalue weighted by atomic mass is 10.1. The fraction of sp³-hybridized carbons (Fsp3) is 0.208. The first-order valence-corrected chi connectivity index (χ1v) is 12.1. The number of alkyl halides is 3. The molecule has 0 fully saturated rings. The number of para-hydroxylation sites is 1. The summed E-state index contributed by atoms with van der Waals surface area (Å²) < 4.78 is 39.9. The van der Waals surface area contributed by atoms with Gasteiger partial charge >= 0.3 is 12.2 Å². The largest absolute Gasteiger partial charge is 0.434 e. The molecule has 0 saturated heterocycles. The Morgan fingerprint density at radius 3 is 2.68 bits per heavy atom. The second-order valence-electron chi connectivity index (χ2n) is 7.86. The van der Waals surface area contributed by atoms with Gasteiger partial charge in [-0.05, 0) is 25.1 Å². The Kier molecular flexibility index (Phi) is 7.73. The summed E-state index contributed by atoms with van der Waals surface area (Å²) >= 11 is 0.674. The zero-order valence-electron chi connectivity index (χ0n) is 19.8. The second kappa shape index (κ2) is 11.0. The standard InChI is InChI=1S/C24H21F3N6O4S/c1-2-28-23(37)32-19-9-14(21-31-18(12-38-21)24(25,26)27)17(11-30-19)33(7-8-34)22(36)15-10-29-16-6-4-3-5-13(16)20(15)35/h3-6,9-12,34H,2,7-8H2,1H3,(H,29,35)(H2,28,30,32,37). The molecular formula is C24H21F3N6O4S. The number of nitrogens with one attached hydrogen (secondary N) is 3. The number of benzene rings is 1. The third-order valence-corrected chi connectivity index (χ3v) is 6.24. The van der Waals surface area contributed by atoms with Crippen LogP contribution in [0.4, 0.5) is 29.5 Å². The predicted octanol–water partition coefficient (Wildman–Crippen LogP) is 3.85. The molecule has 0 aliphatic rings. The van der Waals surface area contributed by atoms with Crippen molar-refractivity contribution in [2.75, 3.05) is 29.9 Å². The van der Waals surface area contributed by atoms with E-state index in [9.17, 15) is 32.7 Å². The highest BCUT2D eigenvalue weighted by atomic mass is 32.1. The van der Waals surface area contributed by atoms with Crippen molar-refractivity contribution in [3.05, 3.63) is 69.6 Å². The number of hydrogen-bond donors (Lipinski definition) is 4. The molecule has 4 aromatic rings. The van der Waals surface area contributed by atoms with Gasteiger partial charge in [0.1, 0.15) is 16.4 Å². The molecule has 3 heterocycles. The van der Waals surface area contributed by atoms with Crippen molar-refractivity contribution in [2.24, 2.45) is 0 Å². The number of carbonyl (C=O) groups is 2. The van der Waals surface area contributed by atoms with Gasteiger partial charge in [-0.25, -0.2) is 14.8 Å². The minimum absolute atomic E-state index is 0.0128. The Balaban J connectivity index is 1.84. The summed E-state index contributed by atoms with van der Waals surface area (Å²) in [7, 11) is 0. The van der Waals surface area contributed by atoms with E-state index < -0.39 is 35.8 Å². The van der Waals surface area contributed by atoms with E-state index in [0.29, 0.717) is 23.4 Å². The van der Waals surface area contributed by atoms with Crippen LogP contribution < -0.4 is 21.0 Å². The number of aliphatic hydroxyl groups is 1. The lowest BCUT2D eigenvalue weighted by Gasteiger charge is -2.24. The monoisotopic (exact) mass is 546 g/mol. The van der Waals surface area contributed by atoms with Crippen LogP contribution in [0.3, 0.4) is 0 Å². The molecule has 0 unspecified atom stereocenters. The van der Waals surface area contributed by atoms with Gasteiger partial charge in [0.2, 0.25) is 5.43 Å². The molecule has 14 heteroatoms. The Morgan fingerprint density at radius 2 is 2.00 bits per heavy atom. The van der Waals surface area contributed by atoms with E-state index in [-0.39, 0.29) is 39.6 Å². The number of aromatic nitrogens is 3. The van der Waals surface area contributed by atoms with Crippen molar-refractivity contribution in [3.63, 3.8) is 0 Å². The molecule has 3 amide bonds. The van der Waals surface area contributed by atoms with Crippen molar-refractivity contribution < 1.29 is 27.9 Å². The Bertz CT molecular complexity index is 1550. The molecule has 3 aromatic heterocycles. The zero-order valence-corrected chi connectivity index (χ0v) is 20.6. The van der Waals surface area contributed by atoms with Crippen LogP contribution in [0.2, 0.25) is 0 Å². The van der Waals surface area contributed by atoms with Crippen LogP contribution in [0.1, 0.15) is 23.0 Å². The number of urea groups is 1. The second-order valence-corrected chi connectivity index (χ2v) is 8.72. The number of pyridine rings is 2. The van der Waals surface area contributed by atoms with Crippen LogP contribution in [-0.2, 0) is 6.18 Å². The SMILES string of the molecule is CCNC(=O)Nc1cc(-c2nc(C(F)(F)F)cs2)c(N(CCO)C(=O)c2c[nH]c3ccccc3c2=O)cn1. The van der Waals surface area contributed by atoms with E-state index in [2.05, 4.69) is 25.6 Å². The number of nitrogens with zero attached hydrogens (tertiary/aromatic N) is 3. The van der Waals surface area contributed by atoms with Crippen LogP contribution in [0.15, 0.2) is 52.9 Å². The van der Waals surface area contributed by atoms with Gasteiger partial charge in [0.25, 0.3) is 5.91 Å². The number of carbonyl (C=O) groups excluding carboxylic acids is 2. The highest BCUT2D eigenvalue weighted by molar-refractivity contribution is 7.13. The minimum atomic E-state index is -4.71. The molecule has 0 bridgehead atoms. The van der Waals surface area contributed by atoms with Crippen LogP contribution in [0, 0.1) is 0 Å². The van der Waals surface area contributed by atoms with E-state index in [4.69, 9.17) is 0 Å². The molecule has 0 saturated carbocycles. The summed E-state index contributed by atoms with van der Waals surface area (Å²) in [5.41, 5.74) is -1.42.